The van der Waals surface area contributed by atoms with E-state index in [1.165, 1.54) is 24.8 Å². The Morgan fingerprint density at radius 3 is 2.00 bits per heavy atom. The molecule has 0 aliphatic heterocycles. The lowest BCUT2D eigenvalue weighted by Crippen LogP contribution is -2.12. The van der Waals surface area contributed by atoms with Crippen LogP contribution in [0.5, 0.6) is 12.0 Å². The van der Waals surface area contributed by atoms with E-state index < -0.39 is 7.60 Å². The smallest absolute Gasteiger partial charge is 0.381 e. The van der Waals surface area contributed by atoms with Gasteiger partial charge in [0, 0.05) is 24.8 Å². The van der Waals surface area contributed by atoms with E-state index in [1.807, 2.05) is 0 Å². The fourth-order valence-electron chi connectivity index (χ4n) is 0.958. The SMILES string of the molecule is NCP(=O)(Oc1ncc[nH]1)Oc1ncc[nH]1. The third kappa shape index (κ3) is 2.41. The second-order valence-electron chi connectivity index (χ2n) is 2.76. The van der Waals surface area contributed by atoms with E-state index in [0.717, 1.165) is 0 Å². The molecular weight excluding hydrogens is 233 g/mol. The third-order valence-corrected chi connectivity index (χ3v) is 2.97. The van der Waals surface area contributed by atoms with Crippen LogP contribution >= 0.6 is 7.60 Å². The van der Waals surface area contributed by atoms with E-state index in [0.29, 0.717) is 0 Å². The van der Waals surface area contributed by atoms with Crippen LogP contribution in [0.2, 0.25) is 0 Å². The lowest BCUT2D eigenvalue weighted by Gasteiger charge is -2.14. The summed E-state index contributed by atoms with van der Waals surface area (Å²) in [5.41, 5.74) is 5.34. The van der Waals surface area contributed by atoms with Crippen molar-refractivity contribution in [2.75, 3.05) is 6.29 Å². The Bertz CT molecular complexity index is 428. The molecule has 2 aromatic rings. The summed E-state index contributed by atoms with van der Waals surface area (Å²) in [6.07, 6.45) is 5.70. The highest BCUT2D eigenvalue weighted by Crippen LogP contribution is 2.44. The van der Waals surface area contributed by atoms with Gasteiger partial charge in [-0.05, 0) is 0 Å². The number of hydrogen-bond donors (Lipinski definition) is 3. The number of H-pyrrole nitrogens is 2. The first-order valence-corrected chi connectivity index (χ1v) is 6.12. The van der Waals surface area contributed by atoms with Crippen molar-refractivity contribution in [1.29, 1.82) is 0 Å². The van der Waals surface area contributed by atoms with Gasteiger partial charge in [0.05, 0.1) is 0 Å². The highest BCUT2D eigenvalue weighted by atomic mass is 31.2. The average molecular weight is 243 g/mol. The predicted molar refractivity (Wildman–Crippen MR) is 55.1 cm³/mol. The average Bonchev–Trinajstić information content (AvgIpc) is 2.91. The summed E-state index contributed by atoms with van der Waals surface area (Å²) in [4.78, 5) is 12.8. The maximum atomic E-state index is 12.0. The highest BCUT2D eigenvalue weighted by molar-refractivity contribution is 7.54. The molecule has 0 saturated heterocycles. The zero-order valence-corrected chi connectivity index (χ0v) is 9.05. The first-order valence-electron chi connectivity index (χ1n) is 4.39. The van der Waals surface area contributed by atoms with Crippen molar-refractivity contribution in [1.82, 2.24) is 19.9 Å². The van der Waals surface area contributed by atoms with Gasteiger partial charge in [0.2, 0.25) is 0 Å². The van der Waals surface area contributed by atoms with E-state index in [4.69, 9.17) is 14.8 Å². The Kier molecular flexibility index (Phi) is 2.93. The molecule has 0 aliphatic rings. The molecule has 0 bridgehead atoms. The van der Waals surface area contributed by atoms with Gasteiger partial charge in [-0.15, -0.1) is 0 Å². The second-order valence-corrected chi connectivity index (χ2v) is 4.72. The molecule has 9 heteroatoms. The lowest BCUT2D eigenvalue weighted by atomic mass is 11.0. The number of rotatable bonds is 5. The molecule has 0 spiro atoms. The van der Waals surface area contributed by atoms with E-state index >= 15 is 0 Å². The summed E-state index contributed by atoms with van der Waals surface area (Å²) in [6.45, 7) is 0. The first-order chi connectivity index (χ1) is 7.72. The van der Waals surface area contributed by atoms with E-state index in [-0.39, 0.29) is 18.3 Å². The van der Waals surface area contributed by atoms with Crippen LogP contribution in [-0.4, -0.2) is 26.2 Å². The molecule has 2 heterocycles. The minimum Gasteiger partial charge on any atom is -0.381 e. The van der Waals surface area contributed by atoms with Crippen LogP contribution < -0.4 is 14.8 Å². The Balaban J connectivity index is 2.10. The normalized spacial score (nSPS) is 11.3. The van der Waals surface area contributed by atoms with Gasteiger partial charge in [-0.25, -0.2) is 14.5 Å². The van der Waals surface area contributed by atoms with Gasteiger partial charge >= 0.3 is 19.6 Å². The molecule has 86 valence electrons. The Labute approximate surface area is 90.7 Å². The molecule has 0 aromatic carbocycles. The van der Waals surface area contributed by atoms with Crippen molar-refractivity contribution in [3.05, 3.63) is 24.8 Å². The quantitative estimate of drug-likeness (QED) is 0.665. The molecule has 0 saturated carbocycles. The molecule has 0 fully saturated rings. The van der Waals surface area contributed by atoms with Crippen molar-refractivity contribution in [2.45, 2.75) is 0 Å². The van der Waals surface area contributed by atoms with Gasteiger partial charge in [-0.2, -0.15) is 0 Å². The standard InChI is InChI=1S/C7H10N5O3P/c8-5-16(13,14-6-9-1-2-10-6)15-7-11-3-4-12-7/h1-4H,5,8H2,(H,9,10)(H,11,12). The van der Waals surface area contributed by atoms with Crippen LogP contribution in [0.4, 0.5) is 0 Å². The van der Waals surface area contributed by atoms with Crippen molar-refractivity contribution < 1.29 is 13.6 Å². The second kappa shape index (κ2) is 4.38. The zero-order valence-electron chi connectivity index (χ0n) is 8.16. The largest absolute Gasteiger partial charge is 0.448 e. The number of nitrogens with two attached hydrogens (primary N) is 1. The highest BCUT2D eigenvalue weighted by Gasteiger charge is 2.28. The van der Waals surface area contributed by atoms with Gasteiger partial charge in [-0.1, -0.05) is 0 Å². The summed E-state index contributed by atoms with van der Waals surface area (Å²) in [7, 11) is -3.49. The Morgan fingerprint density at radius 2 is 1.69 bits per heavy atom. The molecule has 2 aromatic heterocycles. The Morgan fingerprint density at radius 1 is 1.19 bits per heavy atom. The molecular formula is C7H10N5O3P. The predicted octanol–water partition coefficient (Wildman–Crippen LogP) is 0.700. The minimum atomic E-state index is -3.49. The fraction of sp³-hybridized carbons (Fsp3) is 0.143. The summed E-state index contributed by atoms with van der Waals surface area (Å²) in [5, 5.41) is 0. The molecule has 0 atom stereocenters. The van der Waals surface area contributed by atoms with Crippen LogP contribution in [0.15, 0.2) is 24.8 Å². The summed E-state index contributed by atoms with van der Waals surface area (Å²) < 4.78 is 22.1. The maximum absolute atomic E-state index is 12.0. The third-order valence-electron chi connectivity index (χ3n) is 1.62. The molecule has 0 amide bonds. The number of aromatic nitrogens is 4. The van der Waals surface area contributed by atoms with Crippen LogP contribution in [-0.2, 0) is 4.57 Å². The van der Waals surface area contributed by atoms with Gasteiger partial charge < -0.3 is 24.7 Å². The van der Waals surface area contributed by atoms with Crippen molar-refractivity contribution in [3.63, 3.8) is 0 Å². The number of aromatic amines is 2. The van der Waals surface area contributed by atoms with Crippen molar-refractivity contribution >= 4 is 7.60 Å². The molecule has 16 heavy (non-hydrogen) atoms. The van der Waals surface area contributed by atoms with Gasteiger partial charge in [0.15, 0.2) is 0 Å². The number of nitrogens with one attached hydrogen (secondary N) is 2. The van der Waals surface area contributed by atoms with Gasteiger partial charge in [0.1, 0.15) is 6.29 Å². The lowest BCUT2D eigenvalue weighted by molar-refractivity contribution is 0.365. The monoisotopic (exact) mass is 243 g/mol. The number of hydrogen-bond acceptors (Lipinski definition) is 6. The number of nitrogens with zero attached hydrogens (tertiary/aromatic N) is 2. The van der Waals surface area contributed by atoms with E-state index in [9.17, 15) is 4.57 Å². The molecule has 0 unspecified atom stereocenters. The van der Waals surface area contributed by atoms with Crippen LogP contribution in [0.25, 0.3) is 0 Å². The van der Waals surface area contributed by atoms with Crippen LogP contribution in [0.1, 0.15) is 0 Å². The van der Waals surface area contributed by atoms with Gasteiger partial charge in [-0.3, -0.25) is 0 Å². The van der Waals surface area contributed by atoms with Crippen molar-refractivity contribution in [2.24, 2.45) is 5.73 Å². The Hall–Kier alpha value is -1.79. The molecule has 0 radical (unpaired) electrons. The van der Waals surface area contributed by atoms with Crippen molar-refractivity contribution in [3.8, 4) is 12.0 Å². The zero-order chi connectivity index (χ0) is 11.4. The summed E-state index contributed by atoms with van der Waals surface area (Å²) >= 11 is 0. The van der Waals surface area contributed by atoms with E-state index in [1.54, 1.807) is 0 Å². The summed E-state index contributed by atoms with van der Waals surface area (Å²) in [6, 6.07) is 0.167. The molecule has 8 nitrogen and oxygen atoms in total. The molecule has 2 rings (SSSR count). The first kappa shape index (κ1) is 10.7. The molecule has 0 aliphatic carbocycles. The van der Waals surface area contributed by atoms with E-state index in [2.05, 4.69) is 19.9 Å². The fourth-order valence-corrected chi connectivity index (χ4v) is 1.87. The minimum absolute atomic E-state index is 0.0836. The van der Waals surface area contributed by atoms with Crippen LogP contribution in [0.3, 0.4) is 0 Å². The van der Waals surface area contributed by atoms with Gasteiger partial charge in [0.25, 0.3) is 0 Å². The van der Waals surface area contributed by atoms with Crippen LogP contribution in [0, 0.1) is 0 Å². The number of imidazole rings is 2. The molecule has 4 N–H and O–H groups in total. The summed E-state index contributed by atoms with van der Waals surface area (Å²) in [5.74, 6) is 0. The topological polar surface area (TPSA) is 119 Å². The maximum Gasteiger partial charge on any atom is 0.448 e.